The van der Waals surface area contributed by atoms with Gasteiger partial charge in [0.15, 0.2) is 0 Å². The highest BCUT2D eigenvalue weighted by molar-refractivity contribution is 5.98. The van der Waals surface area contributed by atoms with E-state index >= 15 is 0 Å². The van der Waals surface area contributed by atoms with Gasteiger partial charge < -0.3 is 10.6 Å². The Balaban J connectivity index is 1.94. The lowest BCUT2D eigenvalue weighted by molar-refractivity contribution is 0.262. The Morgan fingerprint density at radius 1 is 1.10 bits per heavy atom. The molecule has 1 heterocycles. The van der Waals surface area contributed by atoms with Gasteiger partial charge in [-0.3, -0.25) is 5.32 Å². The zero-order chi connectivity index (χ0) is 14.4. The number of rotatable bonds is 4. The van der Waals surface area contributed by atoms with Gasteiger partial charge in [-0.25, -0.2) is 14.8 Å². The largest absolute Gasteiger partial charge is 0.326 e. The molecule has 0 radical (unpaired) electrons. The second-order valence-corrected chi connectivity index (χ2v) is 4.28. The molecular weight excluding hydrogens is 254 g/mol. The van der Waals surface area contributed by atoms with Crippen molar-refractivity contribution in [1.82, 2.24) is 15.3 Å². The summed E-state index contributed by atoms with van der Waals surface area (Å²) in [5.74, 6) is 0.269. The minimum atomic E-state index is -0.370. The number of carbonyl (C=O) groups excluding carboxylic acids is 1. The first-order chi connectivity index (χ1) is 9.69. The lowest BCUT2D eigenvalue weighted by Gasteiger charge is -2.11. The van der Waals surface area contributed by atoms with Crippen molar-refractivity contribution in [1.29, 1.82) is 0 Å². The maximum atomic E-state index is 11.7. The molecule has 0 aliphatic rings. The minimum Gasteiger partial charge on any atom is -0.313 e. The van der Waals surface area contributed by atoms with Gasteiger partial charge in [0.1, 0.15) is 0 Å². The van der Waals surface area contributed by atoms with Crippen molar-refractivity contribution in [3.63, 3.8) is 0 Å². The number of amides is 2. The van der Waals surface area contributed by atoms with Crippen molar-refractivity contribution >= 4 is 17.7 Å². The summed E-state index contributed by atoms with van der Waals surface area (Å²) in [4.78, 5) is 19.6. The number of benzene rings is 1. The van der Waals surface area contributed by atoms with Crippen LogP contribution in [0.25, 0.3) is 0 Å². The van der Waals surface area contributed by atoms with Crippen molar-refractivity contribution in [3.05, 3.63) is 48.3 Å². The molecule has 0 saturated heterocycles. The summed E-state index contributed by atoms with van der Waals surface area (Å²) in [5, 5.41) is 8.44. The minimum absolute atomic E-state index is 0.269. The Morgan fingerprint density at radius 3 is 2.35 bits per heavy atom. The smallest absolute Gasteiger partial charge is 0.313 e. The van der Waals surface area contributed by atoms with E-state index in [0.717, 1.165) is 5.56 Å². The van der Waals surface area contributed by atoms with Gasteiger partial charge >= 0.3 is 6.03 Å². The molecule has 0 spiro atoms. The monoisotopic (exact) mass is 271 g/mol. The zero-order valence-corrected chi connectivity index (χ0v) is 11.4. The van der Waals surface area contributed by atoms with Crippen molar-refractivity contribution in [2.24, 2.45) is 0 Å². The fourth-order valence-corrected chi connectivity index (χ4v) is 1.65. The highest BCUT2D eigenvalue weighted by Crippen LogP contribution is 2.15. The van der Waals surface area contributed by atoms with Gasteiger partial charge in [-0.15, -0.1) is 0 Å². The Bertz CT molecular complexity index is 556. The molecule has 0 aliphatic carbocycles. The first kappa shape index (κ1) is 14.0. The summed E-state index contributed by atoms with van der Waals surface area (Å²) in [7, 11) is 1.91. The zero-order valence-electron chi connectivity index (χ0n) is 11.4. The third kappa shape index (κ3) is 3.76. The molecule has 1 aromatic carbocycles. The highest BCUT2D eigenvalue weighted by Gasteiger charge is 2.05. The van der Waals surface area contributed by atoms with Gasteiger partial charge in [-0.2, -0.15) is 0 Å². The van der Waals surface area contributed by atoms with E-state index in [9.17, 15) is 4.79 Å². The molecule has 1 atom stereocenters. The van der Waals surface area contributed by atoms with Gasteiger partial charge in [-0.1, -0.05) is 12.1 Å². The van der Waals surface area contributed by atoms with E-state index in [1.54, 1.807) is 18.5 Å². The van der Waals surface area contributed by atoms with E-state index in [-0.39, 0.29) is 18.0 Å². The first-order valence-electron chi connectivity index (χ1n) is 6.31. The lowest BCUT2D eigenvalue weighted by Crippen LogP contribution is -2.20. The van der Waals surface area contributed by atoms with Crippen LogP contribution in [-0.4, -0.2) is 23.0 Å². The van der Waals surface area contributed by atoms with Crippen LogP contribution < -0.4 is 16.0 Å². The molecule has 1 unspecified atom stereocenters. The Hall–Kier alpha value is -2.47. The maximum absolute atomic E-state index is 11.7. The normalized spacial score (nSPS) is 11.7. The summed E-state index contributed by atoms with van der Waals surface area (Å²) < 4.78 is 0. The molecule has 2 rings (SSSR count). The first-order valence-corrected chi connectivity index (χ1v) is 6.31. The lowest BCUT2D eigenvalue weighted by atomic mass is 10.1. The Morgan fingerprint density at radius 2 is 1.75 bits per heavy atom. The fourth-order valence-electron chi connectivity index (χ4n) is 1.65. The number of aromatic nitrogens is 2. The number of hydrogen-bond acceptors (Lipinski definition) is 4. The summed E-state index contributed by atoms with van der Waals surface area (Å²) in [6.07, 6.45) is 3.13. The summed E-state index contributed by atoms with van der Waals surface area (Å²) in [6.45, 7) is 2.07. The molecule has 0 fully saturated rings. The van der Waals surface area contributed by atoms with Crippen LogP contribution in [0.15, 0.2) is 42.7 Å². The average Bonchev–Trinajstić information content (AvgIpc) is 2.48. The van der Waals surface area contributed by atoms with Crippen LogP contribution in [0, 0.1) is 0 Å². The summed E-state index contributed by atoms with van der Waals surface area (Å²) in [6, 6.07) is 9.24. The summed E-state index contributed by atoms with van der Waals surface area (Å²) >= 11 is 0. The molecule has 104 valence electrons. The van der Waals surface area contributed by atoms with E-state index in [1.807, 2.05) is 31.3 Å². The van der Waals surface area contributed by atoms with Gasteiger partial charge in [-0.05, 0) is 37.7 Å². The third-order valence-corrected chi connectivity index (χ3v) is 2.89. The van der Waals surface area contributed by atoms with Crippen molar-refractivity contribution in [3.8, 4) is 0 Å². The number of anilines is 2. The number of urea groups is 1. The van der Waals surface area contributed by atoms with Gasteiger partial charge in [0, 0.05) is 24.1 Å². The van der Waals surface area contributed by atoms with Crippen LogP contribution >= 0.6 is 0 Å². The van der Waals surface area contributed by atoms with Crippen molar-refractivity contribution < 1.29 is 4.79 Å². The molecule has 3 N–H and O–H groups in total. The number of nitrogens with one attached hydrogen (secondary N) is 3. The molecule has 20 heavy (non-hydrogen) atoms. The highest BCUT2D eigenvalue weighted by atomic mass is 16.2. The maximum Gasteiger partial charge on any atom is 0.326 e. The van der Waals surface area contributed by atoms with Crippen LogP contribution in [0.2, 0.25) is 0 Å². The number of hydrogen-bond donors (Lipinski definition) is 3. The predicted molar refractivity (Wildman–Crippen MR) is 78.6 cm³/mol. The average molecular weight is 271 g/mol. The van der Waals surface area contributed by atoms with Gasteiger partial charge in [0.2, 0.25) is 5.95 Å². The van der Waals surface area contributed by atoms with Crippen LogP contribution in [0.5, 0.6) is 0 Å². The van der Waals surface area contributed by atoms with E-state index < -0.39 is 0 Å². The molecular formula is C14H17N5O. The molecule has 1 aromatic heterocycles. The van der Waals surface area contributed by atoms with Gasteiger partial charge in [0.05, 0.1) is 0 Å². The van der Waals surface area contributed by atoms with Crippen molar-refractivity contribution in [2.45, 2.75) is 13.0 Å². The van der Waals surface area contributed by atoms with Crippen molar-refractivity contribution in [2.75, 3.05) is 17.7 Å². The number of carbonyl (C=O) groups is 1. The number of nitrogens with zero attached hydrogens (tertiary/aromatic N) is 2. The van der Waals surface area contributed by atoms with Crippen LogP contribution in [0.1, 0.15) is 18.5 Å². The van der Waals surface area contributed by atoms with Gasteiger partial charge in [0.25, 0.3) is 0 Å². The van der Waals surface area contributed by atoms with E-state index in [2.05, 4.69) is 32.8 Å². The van der Waals surface area contributed by atoms with E-state index in [4.69, 9.17) is 0 Å². The molecule has 0 saturated carbocycles. The summed E-state index contributed by atoms with van der Waals surface area (Å²) in [5.41, 5.74) is 1.87. The molecule has 0 aliphatic heterocycles. The van der Waals surface area contributed by atoms with Crippen LogP contribution in [0.4, 0.5) is 16.4 Å². The van der Waals surface area contributed by atoms with E-state index in [1.165, 1.54) is 0 Å². The molecule has 0 bridgehead atoms. The Labute approximate surface area is 117 Å². The second-order valence-electron chi connectivity index (χ2n) is 4.28. The Kier molecular flexibility index (Phi) is 4.62. The molecule has 6 nitrogen and oxygen atoms in total. The molecule has 2 aromatic rings. The molecule has 6 heteroatoms. The van der Waals surface area contributed by atoms with E-state index in [0.29, 0.717) is 5.69 Å². The standard InChI is InChI=1S/C14H17N5O/c1-10(15-2)11-4-6-12(7-5-11)18-14(20)19-13-16-8-3-9-17-13/h3-10,15H,1-2H3,(H2,16,17,18,19,20). The molecule has 2 amide bonds. The second kappa shape index (κ2) is 6.63. The topological polar surface area (TPSA) is 78.9 Å². The quantitative estimate of drug-likeness (QED) is 0.797. The van der Waals surface area contributed by atoms with Crippen LogP contribution in [-0.2, 0) is 0 Å². The predicted octanol–water partition coefficient (Wildman–Crippen LogP) is 2.40. The fraction of sp³-hybridized carbons (Fsp3) is 0.214. The van der Waals surface area contributed by atoms with Crippen LogP contribution in [0.3, 0.4) is 0 Å². The third-order valence-electron chi connectivity index (χ3n) is 2.89. The SMILES string of the molecule is CNC(C)c1ccc(NC(=O)Nc2ncccn2)cc1.